The van der Waals surface area contributed by atoms with Crippen molar-refractivity contribution in [1.82, 2.24) is 4.57 Å². The van der Waals surface area contributed by atoms with E-state index in [1.807, 2.05) is 30.3 Å². The smallest absolute Gasteiger partial charge is 0.307 e. The Morgan fingerprint density at radius 2 is 1.80 bits per heavy atom. The molecule has 0 aliphatic heterocycles. The first-order chi connectivity index (χ1) is 9.58. The number of carboxylic acid groups (broad SMARTS) is 1. The van der Waals surface area contributed by atoms with Gasteiger partial charge in [0, 0.05) is 27.8 Å². The van der Waals surface area contributed by atoms with Crippen LogP contribution in [-0.4, -0.2) is 15.6 Å². The zero-order valence-corrected chi connectivity index (χ0v) is 11.6. The van der Waals surface area contributed by atoms with E-state index in [-0.39, 0.29) is 6.42 Å². The Labute approximate surface area is 117 Å². The number of rotatable bonds is 3. The van der Waals surface area contributed by atoms with Gasteiger partial charge in [0.1, 0.15) is 0 Å². The molecule has 0 radical (unpaired) electrons. The van der Waals surface area contributed by atoms with Gasteiger partial charge in [0.25, 0.3) is 0 Å². The van der Waals surface area contributed by atoms with Crippen LogP contribution in [0.25, 0.3) is 21.8 Å². The SMILES string of the molecule is CC(C)n1c2ccccc2c2cc(CC(=O)O)ccc21. The van der Waals surface area contributed by atoms with Crippen LogP contribution in [0, 0.1) is 0 Å². The number of aromatic nitrogens is 1. The van der Waals surface area contributed by atoms with E-state index in [0.29, 0.717) is 6.04 Å². The van der Waals surface area contributed by atoms with E-state index in [1.165, 1.54) is 10.9 Å². The Morgan fingerprint density at radius 1 is 1.10 bits per heavy atom. The topological polar surface area (TPSA) is 42.2 Å². The molecule has 3 rings (SSSR count). The summed E-state index contributed by atoms with van der Waals surface area (Å²) in [5.74, 6) is -0.794. The minimum absolute atomic E-state index is 0.0666. The van der Waals surface area contributed by atoms with E-state index in [2.05, 4.69) is 30.5 Å². The molecule has 1 aromatic heterocycles. The summed E-state index contributed by atoms with van der Waals surface area (Å²) >= 11 is 0. The number of carboxylic acids is 1. The monoisotopic (exact) mass is 267 g/mol. The molecule has 0 fully saturated rings. The third kappa shape index (κ3) is 1.95. The van der Waals surface area contributed by atoms with E-state index in [0.717, 1.165) is 16.5 Å². The second kappa shape index (κ2) is 4.67. The van der Waals surface area contributed by atoms with E-state index in [1.54, 1.807) is 0 Å². The van der Waals surface area contributed by atoms with Crippen LogP contribution in [0.2, 0.25) is 0 Å². The first-order valence-corrected chi connectivity index (χ1v) is 6.81. The minimum Gasteiger partial charge on any atom is -0.481 e. The predicted octanol–water partition coefficient (Wildman–Crippen LogP) is 4.00. The van der Waals surface area contributed by atoms with Crippen molar-refractivity contribution in [2.45, 2.75) is 26.3 Å². The maximum Gasteiger partial charge on any atom is 0.307 e. The van der Waals surface area contributed by atoms with E-state index >= 15 is 0 Å². The van der Waals surface area contributed by atoms with Gasteiger partial charge in [-0.1, -0.05) is 24.3 Å². The van der Waals surface area contributed by atoms with Gasteiger partial charge >= 0.3 is 5.97 Å². The lowest BCUT2D eigenvalue weighted by Gasteiger charge is -2.11. The summed E-state index contributed by atoms with van der Waals surface area (Å²) in [5, 5.41) is 11.3. The number of para-hydroxylation sites is 1. The molecular weight excluding hydrogens is 250 g/mol. The second-order valence-electron chi connectivity index (χ2n) is 5.40. The standard InChI is InChI=1S/C17H17NO2/c1-11(2)18-15-6-4-3-5-13(15)14-9-12(10-17(19)20)7-8-16(14)18/h3-9,11H,10H2,1-2H3,(H,19,20). The van der Waals surface area contributed by atoms with Crippen LogP contribution in [0.3, 0.4) is 0 Å². The van der Waals surface area contributed by atoms with Gasteiger partial charge in [0.2, 0.25) is 0 Å². The van der Waals surface area contributed by atoms with E-state index in [4.69, 9.17) is 5.11 Å². The second-order valence-corrected chi connectivity index (χ2v) is 5.40. The summed E-state index contributed by atoms with van der Waals surface area (Å²) in [6.07, 6.45) is 0.0666. The van der Waals surface area contributed by atoms with Gasteiger partial charge in [0.05, 0.1) is 6.42 Å². The van der Waals surface area contributed by atoms with Crippen molar-refractivity contribution in [3.05, 3.63) is 48.0 Å². The molecule has 1 N–H and O–H groups in total. The first kappa shape index (κ1) is 12.7. The van der Waals surface area contributed by atoms with Crippen LogP contribution in [0.5, 0.6) is 0 Å². The first-order valence-electron chi connectivity index (χ1n) is 6.81. The lowest BCUT2D eigenvalue weighted by Crippen LogP contribution is -2.01. The fraction of sp³-hybridized carbons (Fsp3) is 0.235. The van der Waals surface area contributed by atoms with Crippen LogP contribution >= 0.6 is 0 Å². The van der Waals surface area contributed by atoms with Crippen molar-refractivity contribution in [1.29, 1.82) is 0 Å². The van der Waals surface area contributed by atoms with Crippen molar-refractivity contribution < 1.29 is 9.90 Å². The van der Waals surface area contributed by atoms with E-state index in [9.17, 15) is 4.79 Å². The number of benzene rings is 2. The molecule has 2 aromatic carbocycles. The summed E-state index contributed by atoms with van der Waals surface area (Å²) in [6, 6.07) is 14.6. The van der Waals surface area contributed by atoms with Crippen LogP contribution in [0.1, 0.15) is 25.5 Å². The number of nitrogens with zero attached hydrogens (tertiary/aromatic N) is 1. The average Bonchev–Trinajstić information content (AvgIpc) is 2.72. The molecule has 0 saturated heterocycles. The minimum atomic E-state index is -0.794. The summed E-state index contributed by atoms with van der Waals surface area (Å²) < 4.78 is 2.30. The van der Waals surface area contributed by atoms with Crippen LogP contribution in [0.15, 0.2) is 42.5 Å². The van der Waals surface area contributed by atoms with Gasteiger partial charge in [0.15, 0.2) is 0 Å². The Hall–Kier alpha value is -2.29. The number of aliphatic carboxylic acids is 1. The maximum absolute atomic E-state index is 10.9. The van der Waals surface area contributed by atoms with Gasteiger partial charge in [-0.15, -0.1) is 0 Å². The molecule has 0 saturated carbocycles. The van der Waals surface area contributed by atoms with Crippen molar-refractivity contribution in [3.63, 3.8) is 0 Å². The van der Waals surface area contributed by atoms with E-state index < -0.39 is 5.97 Å². The summed E-state index contributed by atoms with van der Waals surface area (Å²) in [4.78, 5) is 10.9. The van der Waals surface area contributed by atoms with Crippen molar-refractivity contribution in [3.8, 4) is 0 Å². The quantitative estimate of drug-likeness (QED) is 0.779. The molecular formula is C17H17NO2. The number of hydrogen-bond acceptors (Lipinski definition) is 1. The number of carbonyl (C=O) groups is 1. The van der Waals surface area contributed by atoms with Crippen molar-refractivity contribution in [2.24, 2.45) is 0 Å². The molecule has 0 spiro atoms. The molecule has 0 atom stereocenters. The van der Waals surface area contributed by atoms with Gasteiger partial charge in [-0.2, -0.15) is 0 Å². The highest BCUT2D eigenvalue weighted by molar-refractivity contribution is 6.08. The highest BCUT2D eigenvalue weighted by atomic mass is 16.4. The Bertz CT molecular complexity index is 799. The number of hydrogen-bond donors (Lipinski definition) is 1. The molecule has 0 amide bonds. The Balaban J connectivity index is 2.35. The van der Waals surface area contributed by atoms with Crippen molar-refractivity contribution >= 4 is 27.8 Å². The predicted molar refractivity (Wildman–Crippen MR) is 81.2 cm³/mol. The molecule has 102 valence electrons. The summed E-state index contributed by atoms with van der Waals surface area (Å²) in [6.45, 7) is 4.33. The third-order valence-corrected chi connectivity index (χ3v) is 3.65. The highest BCUT2D eigenvalue weighted by Gasteiger charge is 2.13. The molecule has 3 nitrogen and oxygen atoms in total. The maximum atomic E-state index is 10.9. The fourth-order valence-electron chi connectivity index (χ4n) is 2.89. The highest BCUT2D eigenvalue weighted by Crippen LogP contribution is 2.32. The molecule has 0 unspecified atom stereocenters. The largest absolute Gasteiger partial charge is 0.481 e. The lowest BCUT2D eigenvalue weighted by atomic mass is 10.1. The van der Waals surface area contributed by atoms with Crippen LogP contribution < -0.4 is 0 Å². The molecule has 0 bridgehead atoms. The molecule has 0 aliphatic rings. The molecule has 3 heteroatoms. The number of fused-ring (bicyclic) bond motifs is 3. The zero-order chi connectivity index (χ0) is 14.3. The molecule has 0 aliphatic carbocycles. The fourth-order valence-corrected chi connectivity index (χ4v) is 2.89. The Morgan fingerprint density at radius 3 is 2.50 bits per heavy atom. The van der Waals surface area contributed by atoms with Gasteiger partial charge in [-0.25, -0.2) is 0 Å². The third-order valence-electron chi connectivity index (χ3n) is 3.65. The summed E-state index contributed by atoms with van der Waals surface area (Å²) in [5.41, 5.74) is 3.21. The van der Waals surface area contributed by atoms with Crippen LogP contribution in [-0.2, 0) is 11.2 Å². The zero-order valence-electron chi connectivity index (χ0n) is 11.6. The molecule has 3 aromatic rings. The Kier molecular flexibility index (Phi) is 2.97. The van der Waals surface area contributed by atoms with Gasteiger partial charge < -0.3 is 9.67 Å². The molecule has 20 heavy (non-hydrogen) atoms. The molecule has 1 heterocycles. The van der Waals surface area contributed by atoms with Crippen molar-refractivity contribution in [2.75, 3.05) is 0 Å². The van der Waals surface area contributed by atoms with Gasteiger partial charge in [-0.3, -0.25) is 4.79 Å². The van der Waals surface area contributed by atoms with Gasteiger partial charge in [-0.05, 0) is 37.6 Å². The van der Waals surface area contributed by atoms with Crippen LogP contribution in [0.4, 0.5) is 0 Å². The normalized spacial score (nSPS) is 11.6. The average molecular weight is 267 g/mol. The lowest BCUT2D eigenvalue weighted by molar-refractivity contribution is -0.136. The summed E-state index contributed by atoms with van der Waals surface area (Å²) in [7, 11) is 0.